The van der Waals surface area contributed by atoms with Crippen LogP contribution >= 0.6 is 0 Å². The van der Waals surface area contributed by atoms with Crippen molar-refractivity contribution in [3.8, 4) is 0 Å². The summed E-state index contributed by atoms with van der Waals surface area (Å²) < 4.78 is 0. The zero-order valence-corrected chi connectivity index (χ0v) is 14.1. The van der Waals surface area contributed by atoms with Gasteiger partial charge in [0.25, 0.3) is 0 Å². The van der Waals surface area contributed by atoms with E-state index in [1.54, 1.807) is 6.08 Å². The molecule has 0 aromatic rings. The first-order chi connectivity index (χ1) is 9.86. The molecule has 0 N–H and O–H groups in total. The molecule has 0 atom stereocenters. The van der Waals surface area contributed by atoms with Gasteiger partial charge in [-0.25, -0.2) is 0 Å². The third kappa shape index (κ3) is 6.57. The lowest BCUT2D eigenvalue weighted by molar-refractivity contribution is -0.104. The molecule has 0 bridgehead atoms. The molecule has 0 saturated carbocycles. The molecular weight excluding hydrogens is 284 g/mol. The maximum Gasteiger partial charge on any atom is 0.143 e. The van der Waals surface area contributed by atoms with Crippen LogP contribution in [0.4, 0.5) is 0 Å². The molecule has 0 radical (unpaired) electrons. The molecule has 0 fully saturated rings. The number of hydrogen-bond donors (Lipinski definition) is 0. The fourth-order valence-corrected chi connectivity index (χ4v) is 2.80. The summed E-state index contributed by atoms with van der Waals surface area (Å²) in [4.78, 5) is 10.3. The number of carbonyl (C=O) groups excluding carboxylic acids is 1. The van der Waals surface area contributed by atoms with Crippen LogP contribution in [0.25, 0.3) is 0 Å². The summed E-state index contributed by atoms with van der Waals surface area (Å²) in [7, 11) is 0. The maximum atomic E-state index is 10.3. The van der Waals surface area contributed by atoms with Crippen molar-refractivity contribution < 1.29 is 4.79 Å². The van der Waals surface area contributed by atoms with E-state index < -0.39 is 0 Å². The van der Waals surface area contributed by atoms with Crippen LogP contribution in [0.1, 0.15) is 53.9 Å². The Balaban J connectivity index is 0.00000441. The van der Waals surface area contributed by atoms with Gasteiger partial charge in [-0.3, -0.25) is 4.79 Å². The van der Waals surface area contributed by atoms with E-state index in [2.05, 4.69) is 45.9 Å². The Morgan fingerprint density at radius 2 is 1.73 bits per heavy atom. The number of allylic oxidation sites excluding steroid dienone is 10. The van der Waals surface area contributed by atoms with Crippen LogP contribution in [-0.4, -0.2) is 17.3 Å². The Labute approximate surface area is 140 Å². The summed E-state index contributed by atoms with van der Waals surface area (Å²) in [5.41, 5.74) is 5.48. The summed E-state index contributed by atoms with van der Waals surface area (Å²) in [5, 5.41) is 0. The fraction of sp³-hybridized carbons (Fsp3) is 0.450. The van der Waals surface area contributed by atoms with Gasteiger partial charge in [0.1, 0.15) is 6.29 Å². The van der Waals surface area contributed by atoms with Crippen molar-refractivity contribution in [1.29, 1.82) is 0 Å². The Hall–Kier alpha value is -1.41. The van der Waals surface area contributed by atoms with Crippen molar-refractivity contribution in [2.24, 2.45) is 5.41 Å². The third-order valence-corrected chi connectivity index (χ3v) is 4.10. The summed E-state index contributed by atoms with van der Waals surface area (Å²) in [6.45, 7) is 10.9. The molecule has 2 heteroatoms. The largest absolute Gasteiger partial charge is 0.299 e. The minimum atomic E-state index is 0. The lowest BCUT2D eigenvalue weighted by Crippen LogP contribution is -2.19. The molecule has 0 aromatic carbocycles. The molecular formula is C20H32OSi. The van der Waals surface area contributed by atoms with Crippen LogP contribution in [-0.2, 0) is 4.79 Å². The smallest absolute Gasteiger partial charge is 0.143 e. The maximum absolute atomic E-state index is 10.3. The van der Waals surface area contributed by atoms with E-state index in [-0.39, 0.29) is 16.4 Å². The van der Waals surface area contributed by atoms with Crippen molar-refractivity contribution in [2.75, 3.05) is 0 Å². The molecule has 0 spiro atoms. The van der Waals surface area contributed by atoms with Gasteiger partial charge >= 0.3 is 0 Å². The highest BCUT2D eigenvalue weighted by atomic mass is 28.1. The van der Waals surface area contributed by atoms with Gasteiger partial charge in [-0.05, 0) is 73.6 Å². The molecule has 0 unspecified atom stereocenters. The van der Waals surface area contributed by atoms with Crippen LogP contribution in [0.2, 0.25) is 0 Å². The van der Waals surface area contributed by atoms with Gasteiger partial charge in [-0.1, -0.05) is 55.4 Å². The van der Waals surface area contributed by atoms with E-state index in [0.717, 1.165) is 11.9 Å². The first-order valence-corrected chi connectivity index (χ1v) is 7.72. The summed E-state index contributed by atoms with van der Waals surface area (Å²) >= 11 is 0. The van der Waals surface area contributed by atoms with E-state index in [4.69, 9.17) is 0 Å². The van der Waals surface area contributed by atoms with Gasteiger partial charge in [-0.2, -0.15) is 0 Å². The molecule has 1 rings (SSSR count). The second-order valence-electron chi connectivity index (χ2n) is 6.58. The van der Waals surface area contributed by atoms with Gasteiger partial charge in [0.05, 0.1) is 0 Å². The van der Waals surface area contributed by atoms with Gasteiger partial charge in [0.2, 0.25) is 0 Å². The van der Waals surface area contributed by atoms with Crippen molar-refractivity contribution in [2.45, 2.75) is 53.9 Å². The van der Waals surface area contributed by atoms with Crippen LogP contribution in [0.15, 0.2) is 58.7 Å². The molecule has 22 heavy (non-hydrogen) atoms. The Morgan fingerprint density at radius 3 is 2.32 bits per heavy atom. The van der Waals surface area contributed by atoms with E-state index in [0.29, 0.717) is 0 Å². The lowest BCUT2D eigenvalue weighted by atomic mass is 9.72. The number of carbonyl (C=O) groups is 1. The number of hydrogen-bond acceptors (Lipinski definition) is 1. The first-order valence-electron chi connectivity index (χ1n) is 7.72. The third-order valence-electron chi connectivity index (χ3n) is 4.10. The molecule has 0 aliphatic heterocycles. The van der Waals surface area contributed by atoms with Crippen molar-refractivity contribution in [3.63, 3.8) is 0 Å². The lowest BCUT2D eigenvalue weighted by Gasteiger charge is -2.32. The zero-order chi connectivity index (χ0) is 15.9. The van der Waals surface area contributed by atoms with Gasteiger partial charge in [0, 0.05) is 0 Å². The van der Waals surface area contributed by atoms with E-state index in [1.165, 1.54) is 36.0 Å². The zero-order valence-electron chi connectivity index (χ0n) is 14.1. The molecule has 0 heterocycles. The van der Waals surface area contributed by atoms with Crippen LogP contribution in [0.3, 0.4) is 0 Å². The minimum Gasteiger partial charge on any atom is -0.299 e. The normalized spacial score (nSPS) is 19.7. The molecule has 1 nitrogen and oxygen atoms in total. The predicted molar refractivity (Wildman–Crippen MR) is 104 cm³/mol. The average molecular weight is 317 g/mol. The summed E-state index contributed by atoms with van der Waals surface area (Å²) in [5.74, 6) is 0. The highest BCUT2D eigenvalue weighted by molar-refractivity contribution is 5.75. The SMILES string of the molecule is CC1=C(/C=C/C(C)=C/C=C/C(C)=C/C=O)C(C)(C)CCC1.[SiH4]. The quantitative estimate of drug-likeness (QED) is 0.320. The van der Waals surface area contributed by atoms with E-state index >= 15 is 0 Å². The molecule has 1 aliphatic carbocycles. The van der Waals surface area contributed by atoms with Gasteiger partial charge < -0.3 is 0 Å². The topological polar surface area (TPSA) is 17.1 Å². The summed E-state index contributed by atoms with van der Waals surface area (Å²) in [6, 6.07) is 0. The van der Waals surface area contributed by atoms with Crippen molar-refractivity contribution >= 4 is 17.3 Å². The van der Waals surface area contributed by atoms with Crippen molar-refractivity contribution in [3.05, 3.63) is 58.7 Å². The molecule has 0 amide bonds. The van der Waals surface area contributed by atoms with Gasteiger partial charge in [-0.15, -0.1) is 0 Å². The molecule has 122 valence electrons. The highest BCUT2D eigenvalue weighted by Gasteiger charge is 2.26. The standard InChI is InChI=1S/C20H28O.H4Si/c1-16(8-6-9-17(2)13-15-21)11-12-19-18(3)10-7-14-20(19,4)5;/h6,8-9,11-13,15H,7,10,14H2,1-5H3;1H4/b9-6+,12-11+,16-8+,17-13+;. The Morgan fingerprint density at radius 1 is 1.09 bits per heavy atom. The minimum absolute atomic E-state index is 0. The second kappa shape index (κ2) is 9.57. The first kappa shape index (κ1) is 20.6. The number of rotatable bonds is 5. The van der Waals surface area contributed by atoms with E-state index in [1.807, 2.05) is 19.1 Å². The summed E-state index contributed by atoms with van der Waals surface area (Å²) in [6.07, 6.45) is 16.6. The molecule has 1 aliphatic rings. The predicted octanol–water partition coefficient (Wildman–Crippen LogP) is 4.27. The second-order valence-corrected chi connectivity index (χ2v) is 6.58. The highest BCUT2D eigenvalue weighted by Crippen LogP contribution is 2.40. The molecule has 0 saturated heterocycles. The van der Waals surface area contributed by atoms with Crippen LogP contribution in [0, 0.1) is 5.41 Å². The Kier molecular flexibility index (Phi) is 8.96. The molecule has 0 aromatic heterocycles. The monoisotopic (exact) mass is 316 g/mol. The van der Waals surface area contributed by atoms with Crippen LogP contribution < -0.4 is 0 Å². The fourth-order valence-electron chi connectivity index (χ4n) is 2.80. The average Bonchev–Trinajstić information content (AvgIpc) is 2.37. The van der Waals surface area contributed by atoms with Crippen LogP contribution in [0.5, 0.6) is 0 Å². The van der Waals surface area contributed by atoms with Crippen molar-refractivity contribution in [1.82, 2.24) is 0 Å². The van der Waals surface area contributed by atoms with E-state index in [9.17, 15) is 4.79 Å². The number of aldehydes is 1. The Bertz CT molecular complexity index is 528. The van der Waals surface area contributed by atoms with Gasteiger partial charge in [0.15, 0.2) is 0 Å².